The number of aromatic nitrogens is 2. The molecule has 1 saturated heterocycles. The summed E-state index contributed by atoms with van der Waals surface area (Å²) in [5, 5.41) is 0. The van der Waals surface area contributed by atoms with Gasteiger partial charge in [0.05, 0.1) is 12.7 Å². The molecule has 0 radical (unpaired) electrons. The molecule has 0 saturated carbocycles. The zero-order chi connectivity index (χ0) is 20.5. The van der Waals surface area contributed by atoms with Gasteiger partial charge in [-0.3, -0.25) is 13.7 Å². The number of phosphoric acid groups is 3. The fourth-order valence-electron chi connectivity index (χ4n) is 2.14. The maximum absolute atomic E-state index is 11.7. The number of hydrogen-bond acceptors (Lipinski definition) is 11. The van der Waals surface area contributed by atoms with E-state index >= 15 is 0 Å². The van der Waals surface area contributed by atoms with E-state index in [4.69, 9.17) is 20.3 Å². The van der Waals surface area contributed by atoms with Gasteiger partial charge in [0.2, 0.25) is 0 Å². The molecule has 2 rings (SSSR count). The van der Waals surface area contributed by atoms with Gasteiger partial charge in [0.25, 0.3) is 7.82 Å². The van der Waals surface area contributed by atoms with E-state index in [1.807, 2.05) is 0 Å². The molecule has 1 aliphatic rings. The largest absolute Gasteiger partial charge is 1.00 e. The van der Waals surface area contributed by atoms with Crippen molar-refractivity contribution in [2.75, 3.05) is 12.3 Å². The first kappa shape index (κ1) is 26.1. The van der Waals surface area contributed by atoms with Gasteiger partial charge in [-0.15, -0.1) is 0 Å². The summed E-state index contributed by atoms with van der Waals surface area (Å²) in [7, 11) is -16.6. The van der Waals surface area contributed by atoms with E-state index in [1.54, 1.807) is 0 Å². The van der Waals surface area contributed by atoms with Crippen LogP contribution in [0.3, 0.4) is 0 Å². The number of nitrogens with two attached hydrogens (primary N) is 1. The molecular formula is C9H15N3NaO12P3. The standard InChI is InChI=1S/C9H16N3O12P3.Na/c10-7-3-4-12(9(13)11-7)8-2-1-6(22-8)5-21-26(17,18)24-27(19,20)23-25(14,15)16;/h3-4,6,8H,1-2,5H2,(H,17,18)(H,19,20)(H2,10,11,13)(H2,14,15,16);/q;+1/p-1/t6-,8+;/m0./s1. The number of rotatable bonds is 8. The summed E-state index contributed by atoms with van der Waals surface area (Å²) in [5.74, 6) is 0.0219. The molecule has 5 atom stereocenters. The third-order valence-corrected chi connectivity index (χ3v) is 6.86. The minimum atomic E-state index is -5.71. The van der Waals surface area contributed by atoms with Gasteiger partial charge in [-0.1, -0.05) is 0 Å². The second kappa shape index (κ2) is 9.90. The van der Waals surface area contributed by atoms with Gasteiger partial charge >= 0.3 is 50.9 Å². The van der Waals surface area contributed by atoms with Crippen LogP contribution in [-0.2, 0) is 31.6 Å². The molecule has 2 heterocycles. The Morgan fingerprint density at radius 1 is 1.25 bits per heavy atom. The fraction of sp³-hybridized carbons (Fsp3) is 0.556. The molecular weight excluding hydrogens is 458 g/mol. The van der Waals surface area contributed by atoms with Crippen molar-refractivity contribution in [3.63, 3.8) is 0 Å². The van der Waals surface area contributed by atoms with Crippen molar-refractivity contribution in [2.45, 2.75) is 25.2 Å². The smallest absolute Gasteiger partial charge is 0.756 e. The zero-order valence-electron chi connectivity index (χ0n) is 14.3. The maximum Gasteiger partial charge on any atom is 1.00 e. The van der Waals surface area contributed by atoms with Crippen molar-refractivity contribution in [3.05, 3.63) is 22.7 Å². The van der Waals surface area contributed by atoms with Crippen LogP contribution in [0, 0.1) is 0 Å². The molecule has 1 aromatic heterocycles. The Kier molecular flexibility index (Phi) is 9.23. The van der Waals surface area contributed by atoms with Gasteiger partial charge in [-0.05, 0) is 18.9 Å². The van der Waals surface area contributed by atoms with Crippen LogP contribution in [0.4, 0.5) is 5.82 Å². The van der Waals surface area contributed by atoms with Crippen LogP contribution in [0.5, 0.6) is 0 Å². The molecule has 5 N–H and O–H groups in total. The molecule has 0 aromatic carbocycles. The summed E-state index contributed by atoms with van der Waals surface area (Å²) >= 11 is 0. The summed E-state index contributed by atoms with van der Waals surface area (Å²) in [6.45, 7) is -0.602. The molecule has 154 valence electrons. The van der Waals surface area contributed by atoms with Crippen molar-refractivity contribution in [1.82, 2.24) is 9.55 Å². The third-order valence-electron chi connectivity index (χ3n) is 3.08. The predicted octanol–water partition coefficient (Wildman–Crippen LogP) is -3.78. The van der Waals surface area contributed by atoms with Crippen molar-refractivity contribution in [2.24, 2.45) is 0 Å². The number of ether oxygens (including phenoxy) is 1. The molecule has 3 unspecified atom stereocenters. The molecule has 19 heteroatoms. The second-order valence-corrected chi connectivity index (χ2v) is 9.57. The number of anilines is 1. The first-order valence-corrected chi connectivity index (χ1v) is 11.5. The minimum absolute atomic E-state index is 0. The first-order chi connectivity index (χ1) is 12.3. The van der Waals surface area contributed by atoms with Crippen LogP contribution < -0.4 is 45.9 Å². The van der Waals surface area contributed by atoms with Crippen LogP contribution >= 0.6 is 23.5 Å². The Hall–Kier alpha value is 0.0500. The van der Waals surface area contributed by atoms with Crippen molar-refractivity contribution in [3.8, 4) is 0 Å². The zero-order valence-corrected chi connectivity index (χ0v) is 18.9. The number of nitrogens with zero attached hydrogens (tertiary/aromatic N) is 2. The Balaban J connectivity index is 0.00000392. The van der Waals surface area contributed by atoms with E-state index in [1.165, 1.54) is 12.3 Å². The van der Waals surface area contributed by atoms with Gasteiger partial charge in [0.1, 0.15) is 12.0 Å². The normalized spacial score (nSPS) is 25.9. The van der Waals surface area contributed by atoms with Crippen LogP contribution in [0.1, 0.15) is 19.1 Å². The summed E-state index contributed by atoms with van der Waals surface area (Å²) in [6, 6.07) is 1.37. The molecule has 0 amide bonds. The van der Waals surface area contributed by atoms with Gasteiger partial charge < -0.3 is 30.0 Å². The van der Waals surface area contributed by atoms with Crippen molar-refractivity contribution >= 4 is 29.3 Å². The monoisotopic (exact) mass is 473 g/mol. The summed E-state index contributed by atoms with van der Waals surface area (Å²) in [5.41, 5.74) is 4.71. The minimum Gasteiger partial charge on any atom is -0.756 e. The molecule has 1 aliphatic heterocycles. The number of phosphoric ester groups is 1. The number of hydrogen-bond donors (Lipinski definition) is 4. The number of nitrogen functional groups attached to an aromatic ring is 1. The predicted molar refractivity (Wildman–Crippen MR) is 83.7 cm³/mol. The Morgan fingerprint density at radius 3 is 2.46 bits per heavy atom. The van der Waals surface area contributed by atoms with Crippen LogP contribution in [0.15, 0.2) is 17.1 Å². The van der Waals surface area contributed by atoms with Gasteiger partial charge in [-0.25, -0.2) is 18.2 Å². The Bertz CT molecular complexity index is 889. The molecule has 0 aliphatic carbocycles. The van der Waals surface area contributed by atoms with E-state index in [2.05, 4.69) is 18.1 Å². The van der Waals surface area contributed by atoms with Crippen LogP contribution in [0.2, 0.25) is 0 Å². The van der Waals surface area contributed by atoms with Crippen LogP contribution in [-0.4, -0.2) is 36.9 Å². The van der Waals surface area contributed by atoms with E-state index < -0.39 is 48.1 Å². The quantitative estimate of drug-likeness (QED) is 0.210. The van der Waals surface area contributed by atoms with Gasteiger partial charge in [0.15, 0.2) is 0 Å². The van der Waals surface area contributed by atoms with E-state index in [0.29, 0.717) is 6.42 Å². The molecule has 0 spiro atoms. The van der Waals surface area contributed by atoms with Gasteiger partial charge in [0, 0.05) is 6.20 Å². The fourth-order valence-corrected chi connectivity index (χ4v) is 5.15. The van der Waals surface area contributed by atoms with Crippen LogP contribution in [0.25, 0.3) is 0 Å². The molecule has 15 nitrogen and oxygen atoms in total. The first-order valence-electron chi connectivity index (χ1n) is 7.03. The summed E-state index contributed by atoms with van der Waals surface area (Å²) in [6.07, 6.45) is 0.411. The van der Waals surface area contributed by atoms with Crippen molar-refractivity contribution < 1.29 is 80.7 Å². The third kappa shape index (κ3) is 8.42. The average Bonchev–Trinajstić information content (AvgIpc) is 2.90. The average molecular weight is 473 g/mol. The van der Waals surface area contributed by atoms with E-state index in [0.717, 1.165) is 4.57 Å². The maximum atomic E-state index is 11.7. The summed E-state index contributed by atoms with van der Waals surface area (Å²) in [4.78, 5) is 52.3. The molecule has 0 bridgehead atoms. The van der Waals surface area contributed by atoms with E-state index in [-0.39, 0.29) is 41.8 Å². The second-order valence-electron chi connectivity index (χ2n) is 5.20. The Labute approximate surface area is 179 Å². The van der Waals surface area contributed by atoms with E-state index in [9.17, 15) is 28.3 Å². The molecule has 1 aromatic rings. The summed E-state index contributed by atoms with van der Waals surface area (Å²) < 4.78 is 51.3. The van der Waals surface area contributed by atoms with Crippen molar-refractivity contribution in [1.29, 1.82) is 0 Å². The topological polar surface area (TPSA) is 233 Å². The SMILES string of the molecule is Nc1ccn([C@H]2CC[C@@H](COP(=O)(O)OP(=O)(O)OP(=O)([O-])O)O2)c(=O)n1.[Na+]. The Morgan fingerprint density at radius 2 is 1.89 bits per heavy atom. The molecule has 1 fully saturated rings. The molecule has 28 heavy (non-hydrogen) atoms. The van der Waals surface area contributed by atoms with Gasteiger partial charge in [-0.2, -0.15) is 9.29 Å².